The van der Waals surface area contributed by atoms with Crippen molar-refractivity contribution in [1.29, 1.82) is 0 Å². The first-order valence-corrected chi connectivity index (χ1v) is 12.1. The van der Waals surface area contributed by atoms with Gasteiger partial charge in [0, 0.05) is 42.7 Å². The topological polar surface area (TPSA) is 432 Å². The van der Waals surface area contributed by atoms with Crippen LogP contribution in [0.25, 0.3) is 0 Å². The van der Waals surface area contributed by atoms with Gasteiger partial charge in [0.05, 0.1) is 0 Å². The normalized spacial score (nSPS) is 8.50. The van der Waals surface area contributed by atoms with Gasteiger partial charge in [0.15, 0.2) is 0 Å². The molecule has 22 nitrogen and oxygen atoms in total. The SMILES string of the molecule is CO.CO.CO.CO.CO.CO.O=P(O)(O)O.O=P(O)(O)O.O=P(O)(O)O.O=P(O)(O)O. The van der Waals surface area contributed by atoms with E-state index in [1.165, 1.54) is 0 Å². The van der Waals surface area contributed by atoms with Gasteiger partial charge in [-0.05, 0) is 0 Å². The Morgan fingerprint density at radius 1 is 0.250 bits per heavy atom. The highest BCUT2D eigenvalue weighted by Crippen LogP contribution is 2.27. The van der Waals surface area contributed by atoms with Crippen LogP contribution in [0.3, 0.4) is 0 Å². The molecule has 0 radical (unpaired) electrons. The molecule has 18 N–H and O–H groups in total. The molecular weight excluding hydrogens is 548 g/mol. The maximum absolute atomic E-state index is 8.88. The third-order valence-corrected chi connectivity index (χ3v) is 0. The maximum atomic E-state index is 8.88. The Morgan fingerprint density at radius 2 is 0.250 bits per heavy atom. The molecule has 0 fully saturated rings. The van der Waals surface area contributed by atoms with Crippen LogP contribution in [0.1, 0.15) is 0 Å². The van der Waals surface area contributed by atoms with Crippen LogP contribution in [-0.4, -0.2) is 132 Å². The van der Waals surface area contributed by atoms with Gasteiger partial charge in [-0.1, -0.05) is 0 Å². The van der Waals surface area contributed by atoms with Gasteiger partial charge < -0.3 is 89.4 Å². The van der Waals surface area contributed by atoms with Crippen molar-refractivity contribution in [2.24, 2.45) is 0 Å². The predicted molar refractivity (Wildman–Crippen MR) is 106 cm³/mol. The van der Waals surface area contributed by atoms with Gasteiger partial charge in [-0.2, -0.15) is 0 Å². The molecule has 0 spiro atoms. The van der Waals surface area contributed by atoms with Crippen molar-refractivity contribution in [3.63, 3.8) is 0 Å². The molecule has 0 aliphatic heterocycles. The second-order valence-electron chi connectivity index (χ2n) is 2.05. The minimum atomic E-state index is -4.64. The molecule has 32 heavy (non-hydrogen) atoms. The van der Waals surface area contributed by atoms with Crippen molar-refractivity contribution in [2.75, 3.05) is 42.7 Å². The molecular formula is C6H36O22P4. The molecule has 0 bridgehead atoms. The Hall–Kier alpha value is 0.200. The molecule has 212 valence electrons. The first kappa shape index (κ1) is 63.6. The molecule has 0 saturated carbocycles. The summed E-state index contributed by atoms with van der Waals surface area (Å²) in [6.45, 7) is 0. The Kier molecular flexibility index (Phi) is 96.6. The summed E-state index contributed by atoms with van der Waals surface area (Å²) in [7, 11) is -12.6. The van der Waals surface area contributed by atoms with Crippen molar-refractivity contribution >= 4 is 31.3 Å². The Bertz CT molecular complexity index is 303. The van der Waals surface area contributed by atoms with Gasteiger partial charge >= 0.3 is 31.3 Å². The fraction of sp³-hybridized carbons (Fsp3) is 1.00. The molecule has 0 heterocycles. The van der Waals surface area contributed by atoms with E-state index >= 15 is 0 Å². The van der Waals surface area contributed by atoms with Crippen molar-refractivity contribution in [3.8, 4) is 0 Å². The number of aliphatic hydroxyl groups excluding tert-OH is 6. The zero-order valence-electron chi connectivity index (χ0n) is 17.5. The van der Waals surface area contributed by atoms with E-state index in [2.05, 4.69) is 0 Å². The fourth-order valence-electron chi connectivity index (χ4n) is 0. The molecule has 0 aromatic carbocycles. The molecule has 0 aromatic heterocycles. The summed E-state index contributed by atoms with van der Waals surface area (Å²) in [4.78, 5) is 86.2. The summed E-state index contributed by atoms with van der Waals surface area (Å²) in [5.41, 5.74) is 0. The van der Waals surface area contributed by atoms with Gasteiger partial charge in [-0.15, -0.1) is 0 Å². The molecule has 0 atom stereocenters. The van der Waals surface area contributed by atoms with E-state index in [1.807, 2.05) is 0 Å². The molecule has 0 rings (SSSR count). The quantitative estimate of drug-likeness (QED) is 0.118. The zero-order valence-corrected chi connectivity index (χ0v) is 21.0. The van der Waals surface area contributed by atoms with E-state index in [-0.39, 0.29) is 0 Å². The standard InChI is InChI=1S/6CH4O.4H3O4P/c6*1-2;4*1-5(2,3)4/h6*2H,1H3;4*(H3,1,2,3,4). The highest BCUT2D eigenvalue weighted by atomic mass is 31.2. The minimum absolute atomic E-state index is 1.00. The van der Waals surface area contributed by atoms with E-state index < -0.39 is 31.3 Å². The molecule has 0 aliphatic carbocycles. The largest absolute Gasteiger partial charge is 0.466 e. The molecule has 0 saturated heterocycles. The molecule has 0 aromatic rings. The summed E-state index contributed by atoms with van der Waals surface area (Å²) in [5.74, 6) is 0. The van der Waals surface area contributed by atoms with Crippen LogP contribution in [0.5, 0.6) is 0 Å². The predicted octanol–water partition coefficient (Wildman–Crippen LogP) is -6.06. The smallest absolute Gasteiger partial charge is 0.400 e. The van der Waals surface area contributed by atoms with Crippen LogP contribution in [0.4, 0.5) is 0 Å². The van der Waals surface area contributed by atoms with Gasteiger partial charge in [0.25, 0.3) is 0 Å². The van der Waals surface area contributed by atoms with Gasteiger partial charge in [-0.3, -0.25) is 0 Å². The Balaban J connectivity index is -0.0000000218. The van der Waals surface area contributed by atoms with Crippen LogP contribution in [-0.2, 0) is 18.3 Å². The van der Waals surface area contributed by atoms with Gasteiger partial charge in [0.2, 0.25) is 0 Å². The van der Waals surface area contributed by atoms with Gasteiger partial charge in [0.1, 0.15) is 0 Å². The summed E-state index contributed by atoms with van der Waals surface area (Å²) in [5, 5.41) is 42.0. The maximum Gasteiger partial charge on any atom is 0.466 e. The van der Waals surface area contributed by atoms with Crippen LogP contribution in [0.15, 0.2) is 0 Å². The fourth-order valence-corrected chi connectivity index (χ4v) is 0. The highest BCUT2D eigenvalue weighted by molar-refractivity contribution is 7.45. The van der Waals surface area contributed by atoms with Gasteiger partial charge in [-0.25, -0.2) is 18.3 Å². The average Bonchev–Trinajstić information content (AvgIpc) is 2.59. The van der Waals surface area contributed by atoms with Crippen molar-refractivity contribution in [3.05, 3.63) is 0 Å². The highest BCUT2D eigenvalue weighted by Gasteiger charge is 2.01. The lowest BCUT2D eigenvalue weighted by molar-refractivity contribution is 0.272. The van der Waals surface area contributed by atoms with E-state index in [0.29, 0.717) is 0 Å². The van der Waals surface area contributed by atoms with E-state index in [0.717, 1.165) is 42.7 Å². The van der Waals surface area contributed by atoms with Crippen LogP contribution in [0.2, 0.25) is 0 Å². The lowest BCUT2D eigenvalue weighted by Crippen LogP contribution is -1.66. The number of hydrogen-bond acceptors (Lipinski definition) is 10. The summed E-state index contributed by atoms with van der Waals surface area (Å²) in [6.07, 6.45) is 0. The summed E-state index contributed by atoms with van der Waals surface area (Å²) < 4.78 is 35.5. The summed E-state index contributed by atoms with van der Waals surface area (Å²) >= 11 is 0. The minimum Gasteiger partial charge on any atom is -0.400 e. The van der Waals surface area contributed by atoms with E-state index in [1.54, 1.807) is 0 Å². The number of rotatable bonds is 0. The summed E-state index contributed by atoms with van der Waals surface area (Å²) in [6, 6.07) is 0. The molecule has 0 unspecified atom stereocenters. The number of aliphatic hydroxyl groups is 6. The second kappa shape index (κ2) is 48.6. The lowest BCUT2D eigenvalue weighted by Gasteiger charge is -1.82. The number of phosphoric acid groups is 4. The van der Waals surface area contributed by atoms with Crippen LogP contribution < -0.4 is 0 Å². The lowest BCUT2D eigenvalue weighted by atomic mass is 11.8. The Labute approximate surface area is 182 Å². The van der Waals surface area contributed by atoms with E-state index in [9.17, 15) is 0 Å². The van der Waals surface area contributed by atoms with Crippen molar-refractivity contribution in [1.82, 2.24) is 0 Å². The third kappa shape index (κ3) is 644000. The van der Waals surface area contributed by atoms with Crippen molar-refractivity contribution < 1.29 is 108 Å². The van der Waals surface area contributed by atoms with Crippen LogP contribution >= 0.6 is 31.3 Å². The van der Waals surface area contributed by atoms with Crippen molar-refractivity contribution in [2.45, 2.75) is 0 Å². The molecule has 0 aliphatic rings. The second-order valence-corrected chi connectivity index (χ2v) is 6.16. The zero-order chi connectivity index (χ0) is 30.0. The monoisotopic (exact) mass is 584 g/mol. The Morgan fingerprint density at radius 3 is 0.250 bits per heavy atom. The first-order chi connectivity index (χ1) is 14.0. The average molecular weight is 584 g/mol. The van der Waals surface area contributed by atoms with Crippen LogP contribution in [0, 0.1) is 0 Å². The molecule has 26 heteroatoms. The molecule has 0 amide bonds. The van der Waals surface area contributed by atoms with E-state index in [4.69, 9.17) is 108 Å². The third-order valence-electron chi connectivity index (χ3n) is 0. The first-order valence-electron chi connectivity index (χ1n) is 5.81. The number of hydrogen-bond donors (Lipinski definition) is 18.